The fraction of sp³-hybridized carbons (Fsp3) is 0.417. The minimum Gasteiger partial charge on any atom is -0.549 e. The largest absolute Gasteiger partial charge is 1.00 e. The molecule has 0 saturated carbocycles. The number of carbonyl (C=O) groups excluding carboxylic acids is 1. The van der Waals surface area contributed by atoms with Gasteiger partial charge in [-0.05, 0) is 24.6 Å². The number of hydrogen-bond donors (Lipinski definition) is 0. The Hall–Kier alpha value is -0.510. The summed E-state index contributed by atoms with van der Waals surface area (Å²) in [6.07, 6.45) is 0. The summed E-state index contributed by atoms with van der Waals surface area (Å²) in [5.41, 5.74) is -0.254. The fourth-order valence-corrected chi connectivity index (χ4v) is 1.25. The predicted octanol–water partition coefficient (Wildman–Crippen LogP) is -1.88. The first-order valence-electron chi connectivity index (χ1n) is 4.93. The molecule has 0 unspecified atom stereocenters. The van der Waals surface area contributed by atoms with Gasteiger partial charge in [0.2, 0.25) is 0 Å². The molecule has 1 aromatic rings. The Kier molecular flexibility index (Phi) is 6.08. The molecule has 0 N–H and O–H groups in total. The second kappa shape index (κ2) is 6.28. The Morgan fingerprint density at radius 2 is 1.81 bits per heavy atom. The van der Waals surface area contributed by atoms with Gasteiger partial charge in [-0.2, -0.15) is 0 Å². The van der Waals surface area contributed by atoms with E-state index in [1.54, 1.807) is 38.1 Å². The van der Waals surface area contributed by atoms with Gasteiger partial charge in [0.15, 0.2) is 0 Å². The molecular formula is C12H15NaO3. The third-order valence-electron chi connectivity index (χ3n) is 2.40. The predicted molar refractivity (Wildman–Crippen MR) is 55.6 cm³/mol. The van der Waals surface area contributed by atoms with Gasteiger partial charge in [0.25, 0.3) is 0 Å². The van der Waals surface area contributed by atoms with Crippen molar-refractivity contribution in [3.8, 4) is 5.75 Å². The summed E-state index contributed by atoms with van der Waals surface area (Å²) in [5, 5.41) is 10.9. The Labute approximate surface area is 118 Å². The van der Waals surface area contributed by atoms with Crippen molar-refractivity contribution in [3.63, 3.8) is 0 Å². The summed E-state index contributed by atoms with van der Waals surface area (Å²) < 4.78 is 5.27. The molecule has 0 heterocycles. The zero-order valence-electron chi connectivity index (χ0n) is 10.2. The maximum absolute atomic E-state index is 10.9. The molecule has 0 aliphatic heterocycles. The molecule has 0 saturated heterocycles. The van der Waals surface area contributed by atoms with Crippen LogP contribution in [0.15, 0.2) is 24.3 Å². The van der Waals surface area contributed by atoms with Crippen LogP contribution in [0.1, 0.15) is 26.3 Å². The Morgan fingerprint density at radius 1 is 1.31 bits per heavy atom. The van der Waals surface area contributed by atoms with E-state index in [0.29, 0.717) is 12.2 Å². The SMILES string of the molecule is CCOc1ccc(C(C)(C)C(=O)[O-])cc1.[Na+]. The molecule has 1 rings (SSSR count). The molecule has 16 heavy (non-hydrogen) atoms. The van der Waals surface area contributed by atoms with Crippen LogP contribution in [0, 0.1) is 0 Å². The topological polar surface area (TPSA) is 49.4 Å². The van der Waals surface area contributed by atoms with Gasteiger partial charge in [0, 0.05) is 5.41 Å². The second-order valence-corrected chi connectivity index (χ2v) is 3.87. The van der Waals surface area contributed by atoms with E-state index in [4.69, 9.17) is 4.74 Å². The molecule has 1 aromatic carbocycles. The molecule has 0 aliphatic rings. The summed E-state index contributed by atoms with van der Waals surface area (Å²) >= 11 is 0. The van der Waals surface area contributed by atoms with Crippen LogP contribution < -0.4 is 39.4 Å². The van der Waals surface area contributed by atoms with Crippen molar-refractivity contribution in [1.82, 2.24) is 0 Å². The third kappa shape index (κ3) is 3.51. The van der Waals surface area contributed by atoms with E-state index in [1.165, 1.54) is 0 Å². The van der Waals surface area contributed by atoms with Crippen LogP contribution in [0.5, 0.6) is 5.75 Å². The van der Waals surface area contributed by atoms with Gasteiger partial charge >= 0.3 is 29.6 Å². The van der Waals surface area contributed by atoms with Crippen LogP contribution in [-0.2, 0) is 10.2 Å². The van der Waals surface area contributed by atoms with Crippen molar-refractivity contribution >= 4 is 5.97 Å². The van der Waals surface area contributed by atoms with Crippen molar-refractivity contribution < 1.29 is 44.2 Å². The van der Waals surface area contributed by atoms with Crippen LogP contribution in [0.3, 0.4) is 0 Å². The number of benzene rings is 1. The minimum atomic E-state index is -1.08. The van der Waals surface area contributed by atoms with Crippen molar-refractivity contribution in [2.45, 2.75) is 26.2 Å². The Morgan fingerprint density at radius 3 is 2.19 bits per heavy atom. The number of aliphatic carboxylic acids is 1. The average molecular weight is 230 g/mol. The molecule has 0 bridgehead atoms. The first-order chi connectivity index (χ1) is 6.98. The van der Waals surface area contributed by atoms with Crippen LogP contribution in [0.4, 0.5) is 0 Å². The standard InChI is InChI=1S/C12H16O3.Na/c1-4-15-10-7-5-9(6-8-10)12(2,3)11(13)14;/h5-8H,4H2,1-3H3,(H,13,14);/q;+1/p-1. The number of ether oxygens (including phenoxy) is 1. The van der Waals surface area contributed by atoms with Gasteiger partial charge < -0.3 is 14.6 Å². The van der Waals surface area contributed by atoms with Crippen molar-refractivity contribution in [2.75, 3.05) is 6.61 Å². The summed E-state index contributed by atoms with van der Waals surface area (Å²) in [5.74, 6) is -0.331. The maximum Gasteiger partial charge on any atom is 1.00 e. The van der Waals surface area contributed by atoms with E-state index in [-0.39, 0.29) is 29.6 Å². The van der Waals surface area contributed by atoms with Crippen LogP contribution in [0.2, 0.25) is 0 Å². The molecule has 0 amide bonds. The smallest absolute Gasteiger partial charge is 0.549 e. The molecule has 82 valence electrons. The van der Waals surface area contributed by atoms with E-state index in [2.05, 4.69) is 0 Å². The molecule has 0 atom stereocenters. The van der Waals surface area contributed by atoms with Crippen LogP contribution in [0.25, 0.3) is 0 Å². The monoisotopic (exact) mass is 230 g/mol. The third-order valence-corrected chi connectivity index (χ3v) is 2.40. The molecule has 0 radical (unpaired) electrons. The van der Waals surface area contributed by atoms with Gasteiger partial charge in [0.1, 0.15) is 5.75 Å². The first kappa shape index (κ1) is 15.5. The molecule has 0 aromatic heterocycles. The minimum absolute atomic E-state index is 0. The second-order valence-electron chi connectivity index (χ2n) is 3.87. The van der Waals surface area contributed by atoms with Crippen molar-refractivity contribution in [3.05, 3.63) is 29.8 Å². The van der Waals surface area contributed by atoms with Crippen LogP contribution in [-0.4, -0.2) is 12.6 Å². The Balaban J connectivity index is 0.00000225. The van der Waals surface area contributed by atoms with Gasteiger partial charge in [-0.25, -0.2) is 0 Å². The summed E-state index contributed by atoms with van der Waals surface area (Å²) in [4.78, 5) is 10.9. The van der Waals surface area contributed by atoms with E-state index in [0.717, 1.165) is 5.75 Å². The maximum atomic E-state index is 10.9. The van der Waals surface area contributed by atoms with Gasteiger partial charge in [-0.15, -0.1) is 0 Å². The van der Waals surface area contributed by atoms with E-state index in [1.807, 2.05) is 6.92 Å². The molecular weight excluding hydrogens is 215 g/mol. The molecule has 0 fully saturated rings. The quantitative estimate of drug-likeness (QED) is 0.569. The zero-order valence-corrected chi connectivity index (χ0v) is 12.2. The van der Waals surface area contributed by atoms with E-state index in [9.17, 15) is 9.90 Å². The summed E-state index contributed by atoms with van der Waals surface area (Å²) in [6.45, 7) is 5.75. The summed E-state index contributed by atoms with van der Waals surface area (Å²) in [6, 6.07) is 7.04. The van der Waals surface area contributed by atoms with Gasteiger partial charge in [-0.1, -0.05) is 26.0 Å². The fourth-order valence-electron chi connectivity index (χ4n) is 1.25. The number of carboxylic acid groups (broad SMARTS) is 1. The van der Waals surface area contributed by atoms with Gasteiger partial charge in [-0.3, -0.25) is 0 Å². The number of carbonyl (C=O) groups is 1. The van der Waals surface area contributed by atoms with Crippen LogP contribution >= 0.6 is 0 Å². The molecule has 3 nitrogen and oxygen atoms in total. The molecule has 4 heteroatoms. The first-order valence-corrected chi connectivity index (χ1v) is 4.93. The molecule has 0 spiro atoms. The number of hydrogen-bond acceptors (Lipinski definition) is 3. The Bertz CT molecular complexity index is 344. The summed E-state index contributed by atoms with van der Waals surface area (Å²) in [7, 11) is 0. The van der Waals surface area contributed by atoms with Crippen molar-refractivity contribution in [2.24, 2.45) is 0 Å². The zero-order chi connectivity index (χ0) is 11.5. The molecule has 0 aliphatic carbocycles. The normalized spacial score (nSPS) is 10.4. The van der Waals surface area contributed by atoms with Gasteiger partial charge in [0.05, 0.1) is 12.6 Å². The number of carboxylic acids is 1. The number of rotatable bonds is 4. The average Bonchev–Trinajstić information content (AvgIpc) is 2.19. The van der Waals surface area contributed by atoms with E-state index >= 15 is 0 Å². The van der Waals surface area contributed by atoms with E-state index < -0.39 is 11.4 Å². The van der Waals surface area contributed by atoms with Crippen molar-refractivity contribution in [1.29, 1.82) is 0 Å².